The van der Waals surface area contributed by atoms with E-state index in [0.29, 0.717) is 0 Å². The molecule has 1 N–H and O–H groups in total. The average molecular weight is 259 g/mol. The number of carboxylic acid groups (broad SMARTS) is 1. The predicted molar refractivity (Wildman–Crippen MR) is 58.3 cm³/mol. The van der Waals surface area contributed by atoms with Gasteiger partial charge in [-0.2, -0.15) is 4.31 Å². The third-order valence-corrected chi connectivity index (χ3v) is 4.80. The molecule has 0 aromatic carbocycles. The van der Waals surface area contributed by atoms with Gasteiger partial charge in [-0.25, -0.2) is 13.2 Å². The number of sulfonamides is 1. The molecule has 17 heavy (non-hydrogen) atoms. The summed E-state index contributed by atoms with van der Waals surface area (Å²) in [6, 6.07) is 2.32. The third kappa shape index (κ3) is 2.07. The Kier molecular flexibility index (Phi) is 2.96. The smallest absolute Gasteiger partial charge is 0.371 e. The van der Waals surface area contributed by atoms with E-state index < -0.39 is 16.0 Å². The molecule has 1 aliphatic rings. The second-order valence-corrected chi connectivity index (χ2v) is 5.96. The monoisotopic (exact) mass is 259 g/mol. The summed E-state index contributed by atoms with van der Waals surface area (Å²) in [5, 5.41) is 8.35. The first-order valence-electron chi connectivity index (χ1n) is 5.24. The zero-order valence-corrected chi connectivity index (χ0v) is 10.1. The van der Waals surface area contributed by atoms with Gasteiger partial charge in [0.1, 0.15) is 0 Å². The second kappa shape index (κ2) is 4.15. The van der Waals surface area contributed by atoms with Crippen molar-refractivity contribution in [1.82, 2.24) is 4.31 Å². The van der Waals surface area contributed by atoms with E-state index in [1.54, 1.807) is 0 Å². The summed E-state index contributed by atoms with van der Waals surface area (Å²) in [6.07, 6.45) is 2.69. The molecule has 1 aromatic rings. The van der Waals surface area contributed by atoms with Crippen LogP contribution in [0, 0.1) is 0 Å². The van der Waals surface area contributed by atoms with Crippen LogP contribution in [0.4, 0.5) is 0 Å². The summed E-state index contributed by atoms with van der Waals surface area (Å²) >= 11 is 0. The highest BCUT2D eigenvalue weighted by Gasteiger charge is 2.34. The van der Waals surface area contributed by atoms with Crippen LogP contribution in [0.25, 0.3) is 0 Å². The van der Waals surface area contributed by atoms with Gasteiger partial charge in [-0.3, -0.25) is 0 Å². The summed E-state index contributed by atoms with van der Waals surface area (Å²) in [5.74, 6) is -1.65. The molecule has 0 atom stereocenters. The molecule has 1 fully saturated rings. The molecule has 7 heteroatoms. The van der Waals surface area contributed by atoms with Crippen molar-refractivity contribution in [3.8, 4) is 0 Å². The Bertz CT molecular complexity index is 529. The highest BCUT2D eigenvalue weighted by Crippen LogP contribution is 2.29. The van der Waals surface area contributed by atoms with E-state index in [1.807, 2.05) is 0 Å². The molecule has 6 nitrogen and oxygen atoms in total. The van der Waals surface area contributed by atoms with Crippen LogP contribution in [0.15, 0.2) is 21.6 Å². The minimum Gasteiger partial charge on any atom is -0.475 e. The van der Waals surface area contributed by atoms with Crippen LogP contribution in [0.2, 0.25) is 0 Å². The number of aromatic carboxylic acids is 1. The maximum absolute atomic E-state index is 12.0. The molecule has 0 amide bonds. The standard InChI is InChI=1S/C10H13NO5S/c1-11(7-3-2-4-7)17(14,15)9-6-5-8(16-9)10(12)13/h5-7H,2-4H2,1H3,(H,12,13). The first-order valence-corrected chi connectivity index (χ1v) is 6.68. The zero-order valence-electron chi connectivity index (χ0n) is 9.29. The quantitative estimate of drug-likeness (QED) is 0.876. The van der Waals surface area contributed by atoms with Crippen LogP contribution in [-0.2, 0) is 10.0 Å². The Morgan fingerprint density at radius 1 is 1.47 bits per heavy atom. The van der Waals surface area contributed by atoms with E-state index in [9.17, 15) is 13.2 Å². The summed E-state index contributed by atoms with van der Waals surface area (Å²) < 4.78 is 30.2. The lowest BCUT2D eigenvalue weighted by molar-refractivity contribution is 0.0656. The first-order chi connectivity index (χ1) is 7.93. The number of rotatable bonds is 4. The Morgan fingerprint density at radius 3 is 2.53 bits per heavy atom. The van der Waals surface area contributed by atoms with Crippen molar-refractivity contribution in [2.75, 3.05) is 7.05 Å². The molecule has 1 saturated carbocycles. The fourth-order valence-electron chi connectivity index (χ4n) is 1.66. The number of carboxylic acids is 1. The molecule has 0 saturated heterocycles. The van der Waals surface area contributed by atoms with Crippen molar-refractivity contribution >= 4 is 16.0 Å². The maximum Gasteiger partial charge on any atom is 0.371 e. The summed E-state index contributed by atoms with van der Waals surface area (Å²) in [7, 11) is -2.22. The fraction of sp³-hybridized carbons (Fsp3) is 0.500. The van der Waals surface area contributed by atoms with Crippen LogP contribution in [0.1, 0.15) is 29.8 Å². The normalized spacial score (nSPS) is 17.1. The van der Waals surface area contributed by atoms with Gasteiger partial charge >= 0.3 is 5.97 Å². The Morgan fingerprint density at radius 2 is 2.12 bits per heavy atom. The van der Waals surface area contributed by atoms with E-state index in [2.05, 4.69) is 0 Å². The molecule has 2 rings (SSSR count). The number of carbonyl (C=O) groups is 1. The third-order valence-electron chi connectivity index (χ3n) is 3.01. The summed E-state index contributed by atoms with van der Waals surface area (Å²) in [4.78, 5) is 10.6. The van der Waals surface area contributed by atoms with E-state index >= 15 is 0 Å². The molecular weight excluding hydrogens is 246 g/mol. The van der Waals surface area contributed by atoms with Crippen molar-refractivity contribution in [3.63, 3.8) is 0 Å². The topological polar surface area (TPSA) is 87.8 Å². The maximum atomic E-state index is 12.0. The van der Waals surface area contributed by atoms with Crippen molar-refractivity contribution in [3.05, 3.63) is 17.9 Å². The van der Waals surface area contributed by atoms with Gasteiger partial charge in [0.25, 0.3) is 10.0 Å². The van der Waals surface area contributed by atoms with Gasteiger partial charge in [0.2, 0.25) is 10.9 Å². The van der Waals surface area contributed by atoms with Gasteiger partial charge in [0.15, 0.2) is 0 Å². The second-order valence-electron chi connectivity index (χ2n) is 4.03. The number of furan rings is 1. The molecule has 1 aromatic heterocycles. The molecule has 1 heterocycles. The van der Waals surface area contributed by atoms with Crippen molar-refractivity contribution in [2.24, 2.45) is 0 Å². The average Bonchev–Trinajstić information content (AvgIpc) is 2.63. The highest BCUT2D eigenvalue weighted by molar-refractivity contribution is 7.89. The summed E-state index contributed by atoms with van der Waals surface area (Å²) in [6.45, 7) is 0. The van der Waals surface area contributed by atoms with Gasteiger partial charge in [-0.15, -0.1) is 0 Å². The molecular formula is C10H13NO5S. The van der Waals surface area contributed by atoms with E-state index in [1.165, 1.54) is 17.4 Å². The minimum atomic E-state index is -3.71. The lowest BCUT2D eigenvalue weighted by Gasteiger charge is -2.32. The first kappa shape index (κ1) is 12.1. The Labute approximate surface area is 98.9 Å². The molecule has 0 aliphatic heterocycles. The van der Waals surface area contributed by atoms with Gasteiger partial charge in [0.05, 0.1) is 0 Å². The van der Waals surface area contributed by atoms with Crippen LogP contribution in [-0.4, -0.2) is 36.9 Å². The van der Waals surface area contributed by atoms with Crippen molar-refractivity contribution in [2.45, 2.75) is 30.4 Å². The lowest BCUT2D eigenvalue weighted by Crippen LogP contribution is -2.41. The van der Waals surface area contributed by atoms with Crippen molar-refractivity contribution < 1.29 is 22.7 Å². The van der Waals surface area contributed by atoms with Gasteiger partial charge in [-0.1, -0.05) is 6.42 Å². The van der Waals surface area contributed by atoms with E-state index in [4.69, 9.17) is 9.52 Å². The fourth-order valence-corrected chi connectivity index (χ4v) is 2.98. The van der Waals surface area contributed by atoms with Crippen LogP contribution < -0.4 is 0 Å². The van der Waals surface area contributed by atoms with Crippen LogP contribution in [0.3, 0.4) is 0 Å². The van der Waals surface area contributed by atoms with Gasteiger partial charge < -0.3 is 9.52 Å². The Hall–Kier alpha value is -1.34. The minimum absolute atomic E-state index is 0.00150. The molecule has 1 aliphatic carbocycles. The van der Waals surface area contributed by atoms with Crippen molar-refractivity contribution in [1.29, 1.82) is 0 Å². The molecule has 94 valence electrons. The lowest BCUT2D eigenvalue weighted by atomic mass is 9.94. The molecule has 0 bridgehead atoms. The van der Waals surface area contributed by atoms with E-state index in [-0.39, 0.29) is 16.9 Å². The molecule has 0 unspecified atom stereocenters. The predicted octanol–water partition coefficient (Wildman–Crippen LogP) is 1.15. The zero-order chi connectivity index (χ0) is 12.6. The molecule has 0 radical (unpaired) electrons. The van der Waals surface area contributed by atoms with Gasteiger partial charge in [0, 0.05) is 13.1 Å². The number of hydrogen-bond acceptors (Lipinski definition) is 4. The van der Waals surface area contributed by atoms with Crippen LogP contribution in [0.5, 0.6) is 0 Å². The summed E-state index contributed by atoms with van der Waals surface area (Å²) in [5.41, 5.74) is 0. The van der Waals surface area contributed by atoms with Gasteiger partial charge in [-0.05, 0) is 25.0 Å². The number of nitrogens with zero attached hydrogens (tertiary/aromatic N) is 1. The SMILES string of the molecule is CN(C1CCC1)S(=O)(=O)c1ccc(C(=O)O)o1. The number of hydrogen-bond donors (Lipinski definition) is 1. The highest BCUT2D eigenvalue weighted by atomic mass is 32.2. The molecule has 0 spiro atoms. The van der Waals surface area contributed by atoms with Crippen LogP contribution >= 0.6 is 0 Å². The van der Waals surface area contributed by atoms with E-state index in [0.717, 1.165) is 25.3 Å². The largest absolute Gasteiger partial charge is 0.475 e. The Balaban J connectivity index is 2.27.